The van der Waals surface area contributed by atoms with Crippen LogP contribution in [0, 0.1) is 5.92 Å². The Labute approximate surface area is 167 Å². The Hall–Kier alpha value is -1.09. The van der Waals surface area contributed by atoms with Crippen LogP contribution in [-0.4, -0.2) is 49.3 Å². The van der Waals surface area contributed by atoms with Crippen LogP contribution in [0.15, 0.2) is 23.3 Å². The van der Waals surface area contributed by atoms with Gasteiger partial charge in [0, 0.05) is 38.9 Å². The van der Waals surface area contributed by atoms with Gasteiger partial charge >= 0.3 is 0 Å². The lowest BCUT2D eigenvalue weighted by atomic mass is 10.2. The third kappa shape index (κ3) is 5.70. The molecular formula is C18H30IN5O. The molecule has 0 amide bonds. The Kier molecular flexibility index (Phi) is 7.30. The molecule has 0 radical (unpaired) electrons. The van der Waals surface area contributed by atoms with Gasteiger partial charge in [-0.3, -0.25) is 4.99 Å². The van der Waals surface area contributed by atoms with Crippen molar-refractivity contribution in [2.75, 3.05) is 25.0 Å². The molecule has 4 unspecified atom stereocenters. The molecule has 4 atom stereocenters. The average Bonchev–Trinajstić information content (AvgIpc) is 3.26. The van der Waals surface area contributed by atoms with Crippen LogP contribution in [0.3, 0.4) is 0 Å². The average molecular weight is 459 g/mol. The van der Waals surface area contributed by atoms with E-state index in [0.29, 0.717) is 6.04 Å². The zero-order valence-electron chi connectivity index (χ0n) is 15.5. The Morgan fingerprint density at radius 2 is 1.96 bits per heavy atom. The van der Waals surface area contributed by atoms with Crippen molar-refractivity contribution in [1.82, 2.24) is 15.6 Å². The van der Waals surface area contributed by atoms with E-state index in [0.717, 1.165) is 42.9 Å². The minimum Gasteiger partial charge on any atom is -0.372 e. The number of hydrogen-bond acceptors (Lipinski definition) is 4. The molecule has 1 saturated carbocycles. The van der Waals surface area contributed by atoms with Crippen LogP contribution >= 0.6 is 24.0 Å². The molecule has 1 aliphatic carbocycles. The lowest BCUT2D eigenvalue weighted by Crippen LogP contribution is -2.45. The zero-order chi connectivity index (χ0) is 17.1. The summed E-state index contributed by atoms with van der Waals surface area (Å²) in [4.78, 5) is 11.2. The van der Waals surface area contributed by atoms with Crippen LogP contribution in [0.1, 0.15) is 32.8 Å². The van der Waals surface area contributed by atoms with E-state index in [1.165, 1.54) is 6.42 Å². The second-order valence-electron chi connectivity index (χ2n) is 7.08. The third-order valence-electron chi connectivity index (χ3n) is 4.67. The summed E-state index contributed by atoms with van der Waals surface area (Å²) in [5, 5.41) is 6.79. The lowest BCUT2D eigenvalue weighted by Gasteiger charge is -2.36. The first-order valence-electron chi connectivity index (χ1n) is 8.87. The molecule has 2 aliphatic rings. The molecule has 6 nitrogen and oxygen atoms in total. The number of anilines is 1. The van der Waals surface area contributed by atoms with Crippen molar-refractivity contribution in [2.45, 2.75) is 52.0 Å². The molecule has 1 aromatic rings. The van der Waals surface area contributed by atoms with E-state index in [1.807, 2.05) is 13.2 Å². The second-order valence-corrected chi connectivity index (χ2v) is 7.08. The number of hydrogen-bond donors (Lipinski definition) is 2. The molecule has 3 rings (SSSR count). The monoisotopic (exact) mass is 459 g/mol. The first-order chi connectivity index (χ1) is 11.5. The van der Waals surface area contributed by atoms with E-state index < -0.39 is 0 Å². The van der Waals surface area contributed by atoms with Crippen LogP contribution in [0.25, 0.3) is 0 Å². The van der Waals surface area contributed by atoms with Gasteiger partial charge in [0.2, 0.25) is 0 Å². The summed E-state index contributed by atoms with van der Waals surface area (Å²) in [5.74, 6) is 2.64. The van der Waals surface area contributed by atoms with Gasteiger partial charge in [0.25, 0.3) is 0 Å². The van der Waals surface area contributed by atoms with E-state index in [-0.39, 0.29) is 36.2 Å². The fourth-order valence-electron chi connectivity index (χ4n) is 3.15. The molecule has 0 spiro atoms. The standard InChI is InChI=1S/C18H29N5O.HI/c1-12-7-16(12)22-18(19-4)21-9-15-5-6-17(20-8-15)23-10-13(2)24-14(3)11-23;/h5-6,8,12-14,16H,7,9-11H2,1-4H3,(H2,19,21,22);1H. The van der Waals surface area contributed by atoms with Crippen molar-refractivity contribution in [3.63, 3.8) is 0 Å². The van der Waals surface area contributed by atoms with E-state index in [1.54, 1.807) is 0 Å². The van der Waals surface area contributed by atoms with E-state index in [4.69, 9.17) is 4.74 Å². The zero-order valence-corrected chi connectivity index (χ0v) is 17.9. The van der Waals surface area contributed by atoms with E-state index in [2.05, 4.69) is 58.4 Å². The maximum atomic E-state index is 5.78. The maximum Gasteiger partial charge on any atom is 0.191 e. The number of guanidine groups is 1. The number of rotatable bonds is 4. The topological polar surface area (TPSA) is 61.8 Å². The summed E-state index contributed by atoms with van der Waals surface area (Å²) >= 11 is 0. The molecule has 25 heavy (non-hydrogen) atoms. The number of ether oxygens (including phenoxy) is 1. The minimum absolute atomic E-state index is 0. The fourth-order valence-corrected chi connectivity index (χ4v) is 3.15. The fraction of sp³-hybridized carbons (Fsp3) is 0.667. The molecule has 0 bridgehead atoms. The summed E-state index contributed by atoms with van der Waals surface area (Å²) in [6.07, 6.45) is 3.67. The van der Waals surface area contributed by atoms with Crippen molar-refractivity contribution in [2.24, 2.45) is 10.9 Å². The summed E-state index contributed by atoms with van der Waals surface area (Å²) < 4.78 is 5.78. The van der Waals surface area contributed by atoms with Crippen LogP contribution in [0.4, 0.5) is 5.82 Å². The van der Waals surface area contributed by atoms with E-state index >= 15 is 0 Å². The molecule has 2 heterocycles. The van der Waals surface area contributed by atoms with Crippen molar-refractivity contribution in [3.05, 3.63) is 23.9 Å². The van der Waals surface area contributed by atoms with Crippen LogP contribution in [0.5, 0.6) is 0 Å². The quantitative estimate of drug-likeness (QED) is 0.412. The van der Waals surface area contributed by atoms with Crippen LogP contribution < -0.4 is 15.5 Å². The first kappa shape index (κ1) is 20.2. The summed E-state index contributed by atoms with van der Waals surface area (Å²) in [6.45, 7) is 8.99. The van der Waals surface area contributed by atoms with Gasteiger partial charge in [-0.15, -0.1) is 24.0 Å². The number of nitrogens with one attached hydrogen (secondary N) is 2. The van der Waals surface area contributed by atoms with Gasteiger partial charge in [-0.05, 0) is 37.8 Å². The Bertz CT molecular complexity index is 569. The van der Waals surface area contributed by atoms with Gasteiger partial charge < -0.3 is 20.3 Å². The molecular weight excluding hydrogens is 429 g/mol. The van der Waals surface area contributed by atoms with Crippen molar-refractivity contribution in [3.8, 4) is 0 Å². The highest BCUT2D eigenvalue weighted by molar-refractivity contribution is 14.0. The molecule has 2 fully saturated rings. The molecule has 0 aromatic carbocycles. The third-order valence-corrected chi connectivity index (χ3v) is 4.67. The number of halogens is 1. The van der Waals surface area contributed by atoms with E-state index in [9.17, 15) is 0 Å². The van der Waals surface area contributed by atoms with Gasteiger partial charge in [-0.1, -0.05) is 13.0 Å². The first-order valence-corrected chi connectivity index (χ1v) is 8.87. The molecule has 1 aliphatic heterocycles. The molecule has 140 valence electrons. The summed E-state index contributed by atoms with van der Waals surface area (Å²) in [6, 6.07) is 4.80. The van der Waals surface area contributed by atoms with Crippen LogP contribution in [0.2, 0.25) is 0 Å². The number of morpholine rings is 1. The Balaban J connectivity index is 0.00000225. The van der Waals surface area contributed by atoms with Gasteiger partial charge in [-0.2, -0.15) is 0 Å². The Morgan fingerprint density at radius 3 is 2.48 bits per heavy atom. The smallest absolute Gasteiger partial charge is 0.191 e. The number of nitrogens with zero attached hydrogens (tertiary/aromatic N) is 3. The van der Waals surface area contributed by atoms with Gasteiger partial charge in [0.1, 0.15) is 5.82 Å². The SMILES string of the molecule is CN=C(NCc1ccc(N2CC(C)OC(C)C2)nc1)NC1CC1C.I. The lowest BCUT2D eigenvalue weighted by molar-refractivity contribution is -0.00545. The predicted octanol–water partition coefficient (Wildman–Crippen LogP) is 2.39. The second kappa shape index (κ2) is 9.02. The van der Waals surface area contributed by atoms with Gasteiger partial charge in [0.05, 0.1) is 12.2 Å². The van der Waals surface area contributed by atoms with Crippen molar-refractivity contribution >= 4 is 35.8 Å². The number of aromatic nitrogens is 1. The highest BCUT2D eigenvalue weighted by atomic mass is 127. The van der Waals surface area contributed by atoms with Gasteiger partial charge in [-0.25, -0.2) is 4.98 Å². The highest BCUT2D eigenvalue weighted by Gasteiger charge is 2.33. The van der Waals surface area contributed by atoms with Crippen molar-refractivity contribution < 1.29 is 4.74 Å². The highest BCUT2D eigenvalue weighted by Crippen LogP contribution is 2.28. The predicted molar refractivity (Wildman–Crippen MR) is 113 cm³/mol. The maximum absolute atomic E-state index is 5.78. The largest absolute Gasteiger partial charge is 0.372 e. The number of aliphatic imine (C=N–C) groups is 1. The normalized spacial score (nSPS) is 29.0. The van der Waals surface area contributed by atoms with Crippen LogP contribution in [-0.2, 0) is 11.3 Å². The molecule has 2 N–H and O–H groups in total. The Morgan fingerprint density at radius 1 is 1.28 bits per heavy atom. The number of pyridine rings is 1. The summed E-state index contributed by atoms with van der Waals surface area (Å²) in [5.41, 5.74) is 1.15. The molecule has 1 saturated heterocycles. The molecule has 1 aromatic heterocycles. The molecule has 7 heteroatoms. The van der Waals surface area contributed by atoms with Gasteiger partial charge in [0.15, 0.2) is 5.96 Å². The van der Waals surface area contributed by atoms with Crippen molar-refractivity contribution in [1.29, 1.82) is 0 Å². The minimum atomic E-state index is 0. The summed E-state index contributed by atoms with van der Waals surface area (Å²) in [7, 11) is 1.81.